The summed E-state index contributed by atoms with van der Waals surface area (Å²) in [6, 6.07) is 9.09. The van der Waals surface area contributed by atoms with Crippen LogP contribution in [-0.4, -0.2) is 281 Å². The molecule has 21 heterocycles. The van der Waals surface area contributed by atoms with E-state index in [0.717, 1.165) is 10.9 Å². The lowest BCUT2D eigenvalue weighted by atomic mass is 10.1. The summed E-state index contributed by atoms with van der Waals surface area (Å²) >= 11 is 0. The van der Waals surface area contributed by atoms with Gasteiger partial charge in [-0.2, -0.15) is 4.98 Å². The molecule has 21 rings (SSSR count). The first-order valence-electron chi connectivity index (χ1n) is 40.0. The molecule has 0 amide bonds. The summed E-state index contributed by atoms with van der Waals surface area (Å²) in [6.07, 6.45) is -21.5. The molecule has 726 valence electrons. The zero-order valence-electron chi connectivity index (χ0n) is 68.7. The number of nitrogens with one attached hydrogen (secondary N) is 3. The summed E-state index contributed by atoms with van der Waals surface area (Å²) in [5, 5.41) is 56.4. The Morgan fingerprint density at radius 2 is 0.853 bits per heavy atom. The van der Waals surface area contributed by atoms with Gasteiger partial charge in [-0.25, -0.2) is 67.1 Å². The van der Waals surface area contributed by atoms with Crippen LogP contribution in [0.25, 0.3) is 71.3 Å². The predicted molar refractivity (Wildman–Crippen MR) is 451 cm³/mol. The number of hydrogen-bond donors (Lipinski definition) is 19. The van der Waals surface area contributed by atoms with Crippen molar-refractivity contribution in [2.45, 2.75) is 141 Å². The lowest BCUT2D eigenvalue weighted by Gasteiger charge is -2.26. The number of fused-ring (bicyclic) bond motifs is 15. The van der Waals surface area contributed by atoms with Crippen molar-refractivity contribution in [1.29, 1.82) is 0 Å². The summed E-state index contributed by atoms with van der Waals surface area (Å²) in [7, 11) is -30.2. The van der Waals surface area contributed by atoms with Crippen LogP contribution in [0.5, 0.6) is 0 Å². The SMILES string of the molecule is C=C1[C@H]2OP(=O)(O)OC[C@H]3O[C@@H](n4cnc5c(N)ccnc54)[C@H](O)[C@@H]3OP(=O)(O)OC[C@H]1O[C@H]2n1cnc2c(=O)[nH]c(N)cc21.Nc1ccnc2c1ccn2[C@@H]1O[C@@H]2COP(=O)(O)O[C@@H]3[C@H](O)[C@@H](COP(=O)(O)O[C@H]2[C@H]1O)O[C@H]3n1cnc2c(=O)[nH]ccc21.[C-]#[N+]c1cn([C@@H]2O[C@@H]3COP(=O)(O)O[C@@H]4[C@H](O)[C@@H](COP(=O)(O)O[C@H]3[C@H]2O)O[C@H]4n2cnc3c(=O)[nH]c(N)nc32)c2nccc(N)c12. The highest BCUT2D eigenvalue weighted by molar-refractivity contribution is 7.48. The van der Waals surface area contributed by atoms with E-state index in [-0.39, 0.29) is 78.6 Å². The van der Waals surface area contributed by atoms with E-state index in [9.17, 15) is 96.7 Å². The average Bonchev–Trinajstić information content (AvgIpc) is 1.30. The number of aliphatic hydroxyl groups excluding tert-OH is 5. The highest BCUT2D eigenvalue weighted by atomic mass is 31.2. The van der Waals surface area contributed by atoms with Crippen molar-refractivity contribution in [2.75, 3.05) is 68.3 Å². The lowest BCUT2D eigenvalue weighted by Crippen LogP contribution is -2.36. The van der Waals surface area contributed by atoms with Crippen LogP contribution in [0.4, 0.5) is 34.5 Å². The van der Waals surface area contributed by atoms with Gasteiger partial charge in [-0.05, 0) is 35.9 Å². The number of hydrogen-bond acceptors (Lipinski definition) is 45. The Kier molecular flexibility index (Phi) is 24.9. The van der Waals surface area contributed by atoms with Gasteiger partial charge in [0.2, 0.25) is 11.6 Å². The van der Waals surface area contributed by atoms with Crippen molar-refractivity contribution < 1.29 is 165 Å². The molecule has 12 aromatic heterocycles. The van der Waals surface area contributed by atoms with Crippen LogP contribution in [0.1, 0.15) is 37.4 Å². The molecule has 6 bridgehead atoms. The number of aliphatic hydroxyl groups is 5. The van der Waals surface area contributed by atoms with E-state index in [1.54, 1.807) is 12.1 Å². The van der Waals surface area contributed by atoms with Crippen molar-refractivity contribution in [2.24, 2.45) is 0 Å². The van der Waals surface area contributed by atoms with Gasteiger partial charge in [-0.15, -0.1) is 0 Å². The Balaban J connectivity index is 0.000000131. The smallest absolute Gasteiger partial charge is 0.399 e. The minimum Gasteiger partial charge on any atom is -0.399 e. The number of nitrogens with two attached hydrogens (primary N) is 5. The molecular weight excluding hydrogens is 1940 g/mol. The normalized spacial score (nSPS) is 36.9. The van der Waals surface area contributed by atoms with Crippen LogP contribution in [-0.2, 0) is 110 Å². The largest absolute Gasteiger partial charge is 0.473 e. The molecule has 9 saturated heterocycles. The number of nitrogens with zero attached hydrogens (tertiary/aromatic N) is 15. The van der Waals surface area contributed by atoms with Gasteiger partial charge in [0, 0.05) is 65.4 Å². The van der Waals surface area contributed by atoms with Crippen LogP contribution in [0.3, 0.4) is 0 Å². The Labute approximate surface area is 755 Å². The zero-order chi connectivity index (χ0) is 96.2. The minimum atomic E-state index is -5.15. The maximum atomic E-state index is 13.3. The number of imidazole rings is 4. The van der Waals surface area contributed by atoms with E-state index in [0.29, 0.717) is 27.9 Å². The third-order valence-electron chi connectivity index (χ3n) is 23.0. The molecule has 0 radical (unpaired) electrons. The Bertz CT molecular complexity index is 7270. The van der Waals surface area contributed by atoms with Gasteiger partial charge in [-0.1, -0.05) is 6.58 Å². The van der Waals surface area contributed by atoms with Gasteiger partial charge in [0.05, 0.1) is 88.2 Å². The zero-order valence-corrected chi connectivity index (χ0v) is 74.1. The quantitative estimate of drug-likeness (QED) is 0.0560. The highest BCUT2D eigenvalue weighted by Gasteiger charge is 2.59. The first-order chi connectivity index (χ1) is 64.5. The Morgan fingerprint density at radius 3 is 1.42 bits per heavy atom. The number of H-pyrrole nitrogens is 3. The summed E-state index contributed by atoms with van der Waals surface area (Å²) in [5.41, 5.74) is 29.8. The number of aromatic nitrogens is 17. The van der Waals surface area contributed by atoms with Crippen LogP contribution >= 0.6 is 46.9 Å². The predicted octanol–water partition coefficient (Wildman–Crippen LogP) is -0.626. The Morgan fingerprint density at radius 1 is 0.419 bits per heavy atom. The molecule has 9 aliphatic heterocycles. The number of aromatic amines is 3. The number of nitrogen functional groups attached to an aromatic ring is 5. The standard InChI is InChI=1S/C23H25N9O13P2.C23H26N8O12P2.C23H26N6O13P2/c1-26-9-4-31(18-12(9)8(24)2-3-27-18)21-15(34)16-11(43-21)6-41-47(38,39)45-17-14(33)10(5-40-46(36,37)44-16)42-22(17)32-7-28-13-19(32)29-23(25)30-20(13)35;1-9-12-5-38-45(36,37)43-19-13(41-22(17(19)32)31-8-27-15-10(24)2-3-26-20(15)31)6-39-44(34,35)42-18(9)23(40-12)30-7-28-16-11(30)4-14(25)29-21(16)33;24-11-1-4-25-20-10(11)3-6-28(20)22-17(31)18-14(40-22)8-38-44(35,36)42-19-16(30)13(7-37-43(33,34)41-18)39-23(19)29-9-27-15-12(29)2-5-26-21(15)32/h2-4,7,10-11,14-17,21-22,33-34H,5-6H2,(H2,24,27)(H,36,37)(H,38,39)(H3,25,29,30,35);2-4,7-8,12-13,17-19,22-23,32H,1,5-6H2,(H2,24,26)(H,34,35)(H,36,37)(H3,25,29,33);1-6,9,13-14,16-19,22-23,30-31H,7-8H2,(H2,24,25)(H,26,32)(H,33,34)(H,35,36)/t10-,11-,14-,15-,16-,17-,21-,22-;12-,13-,17-,18-,19-,22-,23-;13-,14-,16-,17-,18-,19-,22-,23-/m111/s1. The summed E-state index contributed by atoms with van der Waals surface area (Å²) in [6.45, 7) is 6.76. The van der Waals surface area contributed by atoms with Crippen LogP contribution in [0.15, 0.2) is 125 Å². The molecule has 136 heavy (non-hydrogen) atoms. The molecule has 61 nitrogen and oxygen atoms in total. The monoisotopic (exact) mass is 2020 g/mol. The summed E-state index contributed by atoms with van der Waals surface area (Å²) in [5.74, 6) is -0.282. The van der Waals surface area contributed by atoms with E-state index >= 15 is 0 Å². The second-order valence-electron chi connectivity index (χ2n) is 31.5. The molecule has 0 saturated carbocycles. The summed E-state index contributed by atoms with van der Waals surface area (Å²) in [4.78, 5) is 144. The highest BCUT2D eigenvalue weighted by Crippen LogP contribution is 2.59. The van der Waals surface area contributed by atoms with E-state index in [1.165, 1.54) is 103 Å². The van der Waals surface area contributed by atoms with Crippen LogP contribution in [0, 0.1) is 6.57 Å². The van der Waals surface area contributed by atoms with E-state index in [2.05, 4.69) is 66.2 Å². The van der Waals surface area contributed by atoms with E-state index in [4.69, 9.17) is 118 Å². The molecule has 29 atom stereocenters. The van der Waals surface area contributed by atoms with Crippen LogP contribution in [0.2, 0.25) is 0 Å². The first-order valence-corrected chi connectivity index (χ1v) is 49.0. The van der Waals surface area contributed by atoms with Gasteiger partial charge < -0.3 is 140 Å². The number of anilines is 5. The molecule has 0 aliphatic carbocycles. The van der Waals surface area contributed by atoms with Crippen molar-refractivity contribution >= 4 is 148 Å². The molecular formula is C69H77N23O38P6. The number of ether oxygens (including phenoxy) is 6. The number of pyridine rings is 5. The fraction of sp³-hybridized carbons (Fsp3) is 0.420. The minimum absolute atomic E-state index is 0.00893. The number of phosphoric ester groups is 6. The average molecular weight is 2020 g/mol. The van der Waals surface area contributed by atoms with Gasteiger partial charge in [0.25, 0.3) is 16.7 Å². The number of rotatable bonds is 6. The topological polar surface area (TPSA) is 857 Å². The first kappa shape index (κ1) is 94.6. The summed E-state index contributed by atoms with van der Waals surface area (Å²) < 4.78 is 185. The second kappa shape index (κ2) is 35.8. The number of phosphoric acid groups is 6. The van der Waals surface area contributed by atoms with Crippen molar-refractivity contribution in [3.63, 3.8) is 0 Å². The molecule has 9 fully saturated rings. The lowest BCUT2D eigenvalue weighted by molar-refractivity contribution is -0.0672. The molecule has 9 aliphatic rings. The van der Waals surface area contributed by atoms with Crippen molar-refractivity contribution in [3.05, 3.63) is 154 Å². The molecule has 24 N–H and O–H groups in total. The molecule has 67 heteroatoms. The Hall–Kier alpha value is -10.4. The third-order valence-corrected chi connectivity index (χ3v) is 28.9. The molecule has 6 unspecified atom stereocenters. The van der Waals surface area contributed by atoms with Gasteiger partial charge in [-0.3, -0.25) is 82.8 Å². The van der Waals surface area contributed by atoms with E-state index < -0.39 is 244 Å². The van der Waals surface area contributed by atoms with Crippen molar-refractivity contribution in [1.82, 2.24) is 82.2 Å². The maximum Gasteiger partial charge on any atom is 0.473 e. The second-order valence-corrected chi connectivity index (χ2v) is 39.9. The molecule has 12 aromatic rings. The van der Waals surface area contributed by atoms with Gasteiger partial charge in [0.15, 0.2) is 65.2 Å². The fourth-order valence-electron chi connectivity index (χ4n) is 16.7. The van der Waals surface area contributed by atoms with Crippen LogP contribution < -0.4 is 45.3 Å². The van der Waals surface area contributed by atoms with Gasteiger partial charge >= 0.3 is 46.9 Å². The molecule has 0 spiro atoms. The van der Waals surface area contributed by atoms with E-state index in [1.807, 2.05) is 0 Å². The maximum absolute atomic E-state index is 13.3. The van der Waals surface area contributed by atoms with Gasteiger partial charge in [0.1, 0.15) is 126 Å². The van der Waals surface area contributed by atoms with Crippen molar-refractivity contribution in [3.8, 4) is 0 Å². The fourth-order valence-corrected chi connectivity index (χ4v) is 22.4. The molecule has 0 aromatic carbocycles. The third kappa shape index (κ3) is 17.9.